The van der Waals surface area contributed by atoms with Gasteiger partial charge in [0.05, 0.1) is 28.3 Å². The lowest BCUT2D eigenvalue weighted by Crippen LogP contribution is -2.22. The number of carbonyl (C=O) groups is 2. The summed E-state index contributed by atoms with van der Waals surface area (Å²) in [6, 6.07) is 18.6. The lowest BCUT2D eigenvalue weighted by Gasteiger charge is -2.15. The van der Waals surface area contributed by atoms with Gasteiger partial charge in [-0.3, -0.25) is 9.59 Å². The van der Waals surface area contributed by atoms with Crippen LogP contribution in [0.2, 0.25) is 5.02 Å². The molecule has 4 aromatic rings. The van der Waals surface area contributed by atoms with Gasteiger partial charge in [-0.25, -0.2) is 14.4 Å². The van der Waals surface area contributed by atoms with Crippen LogP contribution in [-0.4, -0.2) is 27.0 Å². The number of carbonyl (C=O) groups excluding carboxylic acids is 1. The summed E-state index contributed by atoms with van der Waals surface area (Å²) in [5, 5.41) is 12.9. The van der Waals surface area contributed by atoms with E-state index in [2.05, 4.69) is 5.32 Å². The van der Waals surface area contributed by atoms with Gasteiger partial charge in [-0.05, 0) is 79.6 Å². The maximum atomic E-state index is 13.1. The average molecular weight is 518 g/mol. The maximum absolute atomic E-state index is 13.1. The van der Waals surface area contributed by atoms with E-state index in [0.29, 0.717) is 40.9 Å². The smallest absolute Gasteiger partial charge is 0.306 e. The predicted octanol–water partition coefficient (Wildman–Crippen LogP) is 6.06. The Morgan fingerprint density at radius 2 is 1.73 bits per heavy atom. The van der Waals surface area contributed by atoms with Crippen molar-refractivity contribution in [2.75, 3.05) is 0 Å². The molecule has 1 fully saturated rings. The molecule has 0 radical (unpaired) electrons. The number of hydrogen-bond acceptors (Lipinski definition) is 4. The van der Waals surface area contributed by atoms with Crippen molar-refractivity contribution in [3.05, 3.63) is 94.4 Å². The van der Waals surface area contributed by atoms with Crippen LogP contribution in [0.1, 0.15) is 40.9 Å². The predicted molar refractivity (Wildman–Crippen MR) is 140 cm³/mol. The van der Waals surface area contributed by atoms with Gasteiger partial charge < -0.3 is 10.4 Å². The van der Waals surface area contributed by atoms with Crippen LogP contribution in [0.4, 0.5) is 4.39 Å². The Morgan fingerprint density at radius 1 is 0.973 bits per heavy atom. The van der Waals surface area contributed by atoms with Gasteiger partial charge >= 0.3 is 5.97 Å². The van der Waals surface area contributed by atoms with E-state index in [1.54, 1.807) is 42.5 Å². The molecule has 5 rings (SSSR count). The highest BCUT2D eigenvalue weighted by Crippen LogP contribution is 2.35. The fraction of sp³-hybridized carbons (Fsp3) is 0.241. The number of fused-ring (bicyclic) bond motifs is 1. The summed E-state index contributed by atoms with van der Waals surface area (Å²) >= 11 is 6.09. The summed E-state index contributed by atoms with van der Waals surface area (Å²) in [5.74, 6) is -1.47. The Kier molecular flexibility index (Phi) is 7.15. The Morgan fingerprint density at radius 3 is 2.43 bits per heavy atom. The molecule has 2 unspecified atom stereocenters. The SMILES string of the molecule is O=C(NCc1ccc(F)cc1)c1ccc2nc(-c3ccc(Cl)cc3)c(CC3CCC(C(=O)O)C3)nc2c1. The molecule has 2 atom stereocenters. The molecule has 0 saturated heterocycles. The summed E-state index contributed by atoms with van der Waals surface area (Å²) in [6.45, 7) is 0.274. The number of amides is 1. The first-order valence-electron chi connectivity index (χ1n) is 12.2. The quantitative estimate of drug-likeness (QED) is 0.311. The van der Waals surface area contributed by atoms with Crippen molar-refractivity contribution in [3.8, 4) is 11.3 Å². The summed E-state index contributed by atoms with van der Waals surface area (Å²) in [4.78, 5) is 34.1. The summed E-state index contributed by atoms with van der Waals surface area (Å²) in [5.41, 5.74) is 4.87. The van der Waals surface area contributed by atoms with E-state index < -0.39 is 5.97 Å². The highest BCUT2D eigenvalue weighted by atomic mass is 35.5. The van der Waals surface area contributed by atoms with E-state index in [9.17, 15) is 19.1 Å². The van der Waals surface area contributed by atoms with E-state index >= 15 is 0 Å². The second-order valence-electron chi connectivity index (χ2n) is 9.46. The number of benzene rings is 3. The summed E-state index contributed by atoms with van der Waals surface area (Å²) in [7, 11) is 0. The first-order valence-corrected chi connectivity index (χ1v) is 12.6. The summed E-state index contributed by atoms with van der Waals surface area (Å²) < 4.78 is 13.1. The molecule has 37 heavy (non-hydrogen) atoms. The van der Waals surface area contributed by atoms with Crippen LogP contribution in [0.3, 0.4) is 0 Å². The molecule has 188 valence electrons. The van der Waals surface area contributed by atoms with E-state index in [0.717, 1.165) is 28.9 Å². The Balaban J connectivity index is 1.44. The molecule has 6 nitrogen and oxygen atoms in total. The molecule has 1 aliphatic carbocycles. The van der Waals surface area contributed by atoms with Crippen LogP contribution in [0, 0.1) is 17.7 Å². The minimum Gasteiger partial charge on any atom is -0.481 e. The van der Waals surface area contributed by atoms with Crippen molar-refractivity contribution in [2.24, 2.45) is 11.8 Å². The third kappa shape index (κ3) is 5.78. The van der Waals surface area contributed by atoms with Gasteiger partial charge in [0.25, 0.3) is 5.91 Å². The standard InChI is InChI=1S/C29H25ClFN3O3/c30-22-8-5-19(6-9-22)27-26(14-18-1-4-21(13-18)29(36)37)33-25-15-20(7-12-24(25)34-27)28(35)32-16-17-2-10-23(31)11-3-17/h2-3,5-12,15,18,21H,1,4,13-14,16H2,(H,32,35)(H,36,37). The largest absolute Gasteiger partial charge is 0.481 e. The number of aromatic nitrogens is 2. The molecule has 1 amide bonds. The maximum Gasteiger partial charge on any atom is 0.306 e. The second kappa shape index (κ2) is 10.6. The number of rotatable bonds is 7. The highest BCUT2D eigenvalue weighted by Gasteiger charge is 2.30. The summed E-state index contributed by atoms with van der Waals surface area (Å²) in [6.07, 6.45) is 2.70. The molecule has 2 N–H and O–H groups in total. The Hall–Kier alpha value is -3.84. The van der Waals surface area contributed by atoms with Gasteiger partial charge in [0.1, 0.15) is 5.82 Å². The number of carboxylic acids is 1. The topological polar surface area (TPSA) is 92.2 Å². The van der Waals surface area contributed by atoms with Crippen LogP contribution in [0.5, 0.6) is 0 Å². The third-order valence-electron chi connectivity index (χ3n) is 6.86. The van der Waals surface area contributed by atoms with Crippen molar-refractivity contribution >= 4 is 34.5 Å². The molecule has 3 aromatic carbocycles. The van der Waals surface area contributed by atoms with Gasteiger partial charge in [0.15, 0.2) is 0 Å². The molecule has 8 heteroatoms. The number of nitrogens with one attached hydrogen (secondary N) is 1. The molecule has 0 spiro atoms. The van der Waals surface area contributed by atoms with E-state index in [-0.39, 0.29) is 30.1 Å². The molecular formula is C29H25ClFN3O3. The Labute approximate surface area is 218 Å². The number of carboxylic acid groups (broad SMARTS) is 1. The van der Waals surface area contributed by atoms with Crippen molar-refractivity contribution in [3.63, 3.8) is 0 Å². The van der Waals surface area contributed by atoms with E-state index in [4.69, 9.17) is 21.6 Å². The van der Waals surface area contributed by atoms with Crippen molar-refractivity contribution in [2.45, 2.75) is 32.2 Å². The number of hydrogen-bond donors (Lipinski definition) is 2. The second-order valence-corrected chi connectivity index (χ2v) is 9.89. The fourth-order valence-electron chi connectivity index (χ4n) is 4.86. The van der Waals surface area contributed by atoms with Crippen LogP contribution in [0.15, 0.2) is 66.7 Å². The van der Waals surface area contributed by atoms with Gasteiger partial charge in [0.2, 0.25) is 0 Å². The molecule has 1 saturated carbocycles. The van der Waals surface area contributed by atoms with E-state index in [1.165, 1.54) is 12.1 Å². The van der Waals surface area contributed by atoms with Crippen molar-refractivity contribution < 1.29 is 19.1 Å². The van der Waals surface area contributed by atoms with Gasteiger partial charge in [-0.2, -0.15) is 0 Å². The lowest BCUT2D eigenvalue weighted by atomic mass is 9.96. The normalized spacial score (nSPS) is 17.1. The number of aliphatic carboxylic acids is 1. The molecule has 1 aromatic heterocycles. The van der Waals surface area contributed by atoms with Crippen LogP contribution < -0.4 is 5.32 Å². The zero-order chi connectivity index (χ0) is 25.9. The Bertz CT molecular complexity index is 1460. The molecule has 0 aliphatic heterocycles. The zero-order valence-electron chi connectivity index (χ0n) is 20.0. The number of halogens is 2. The van der Waals surface area contributed by atoms with Crippen LogP contribution in [-0.2, 0) is 17.8 Å². The number of nitrogens with zero attached hydrogens (tertiary/aromatic N) is 2. The zero-order valence-corrected chi connectivity index (χ0v) is 20.7. The van der Waals surface area contributed by atoms with E-state index in [1.807, 2.05) is 12.1 Å². The lowest BCUT2D eigenvalue weighted by molar-refractivity contribution is -0.141. The minimum atomic E-state index is -0.749. The monoisotopic (exact) mass is 517 g/mol. The van der Waals surface area contributed by atoms with Crippen molar-refractivity contribution in [1.29, 1.82) is 0 Å². The molecule has 1 aliphatic rings. The molecule has 0 bridgehead atoms. The minimum absolute atomic E-state index is 0.195. The highest BCUT2D eigenvalue weighted by molar-refractivity contribution is 6.30. The van der Waals surface area contributed by atoms with Crippen molar-refractivity contribution in [1.82, 2.24) is 15.3 Å². The van der Waals surface area contributed by atoms with Gasteiger partial charge in [-0.1, -0.05) is 35.9 Å². The first-order chi connectivity index (χ1) is 17.9. The first kappa shape index (κ1) is 24.8. The van der Waals surface area contributed by atoms with Crippen LogP contribution >= 0.6 is 11.6 Å². The van der Waals surface area contributed by atoms with Crippen LogP contribution in [0.25, 0.3) is 22.3 Å². The molecular weight excluding hydrogens is 493 g/mol. The third-order valence-corrected chi connectivity index (χ3v) is 7.11. The van der Waals surface area contributed by atoms with Gasteiger partial charge in [-0.15, -0.1) is 0 Å². The molecule has 1 heterocycles. The van der Waals surface area contributed by atoms with Gasteiger partial charge in [0, 0.05) is 22.7 Å². The average Bonchev–Trinajstić information content (AvgIpc) is 3.37. The fourth-order valence-corrected chi connectivity index (χ4v) is 4.98.